The third-order valence-corrected chi connectivity index (χ3v) is 8.46. The first-order chi connectivity index (χ1) is 20.6. The van der Waals surface area contributed by atoms with Gasteiger partial charge in [-0.25, -0.2) is 4.79 Å². The summed E-state index contributed by atoms with van der Waals surface area (Å²) < 4.78 is 11.5. The van der Waals surface area contributed by atoms with Crippen LogP contribution in [0, 0.1) is 5.92 Å². The molecule has 1 saturated carbocycles. The fourth-order valence-corrected chi connectivity index (χ4v) is 5.92. The average Bonchev–Trinajstić information content (AvgIpc) is 3.05. The van der Waals surface area contributed by atoms with Crippen molar-refractivity contribution in [3.05, 3.63) is 107 Å². The predicted molar refractivity (Wildman–Crippen MR) is 168 cm³/mol. The number of rotatable bonds is 17. The molecule has 0 spiro atoms. The van der Waals surface area contributed by atoms with Gasteiger partial charge in [0, 0.05) is 19.5 Å². The van der Waals surface area contributed by atoms with Crippen LogP contribution in [0.15, 0.2) is 78.9 Å². The lowest BCUT2D eigenvalue weighted by atomic mass is 9.85. The van der Waals surface area contributed by atoms with Gasteiger partial charge in [0.25, 0.3) is 0 Å². The van der Waals surface area contributed by atoms with Gasteiger partial charge in [-0.15, -0.1) is 0 Å². The topological polar surface area (TPSA) is 55.8 Å². The highest BCUT2D eigenvalue weighted by molar-refractivity contribution is 5.89. The average molecular weight is 570 g/mol. The molecule has 0 N–H and O–H groups in total. The SMILES string of the molecule is COC(=O)c1ccc(CN(CCCCC=O)C[C@H](OCc2ccc(CCC3CCCCC3)cc2)c2ccccc2)cc1. The van der Waals surface area contributed by atoms with Gasteiger partial charge in [-0.05, 0) is 72.5 Å². The summed E-state index contributed by atoms with van der Waals surface area (Å²) in [5.74, 6) is 0.572. The van der Waals surface area contributed by atoms with Crippen LogP contribution in [0.4, 0.5) is 0 Å². The van der Waals surface area contributed by atoms with Crippen molar-refractivity contribution in [2.75, 3.05) is 20.2 Å². The number of benzene rings is 3. The van der Waals surface area contributed by atoms with Crippen molar-refractivity contribution in [3.63, 3.8) is 0 Å². The maximum atomic E-state index is 11.9. The zero-order valence-electron chi connectivity index (χ0n) is 25.2. The predicted octanol–water partition coefficient (Wildman–Crippen LogP) is 8.12. The Morgan fingerprint density at radius 1 is 0.881 bits per heavy atom. The minimum Gasteiger partial charge on any atom is -0.465 e. The number of carbonyl (C=O) groups excluding carboxylic acids is 2. The van der Waals surface area contributed by atoms with Crippen molar-refractivity contribution in [3.8, 4) is 0 Å². The number of nitrogens with zero attached hydrogens (tertiary/aromatic N) is 1. The van der Waals surface area contributed by atoms with E-state index in [0.29, 0.717) is 18.6 Å². The first kappa shape index (κ1) is 31.7. The maximum absolute atomic E-state index is 11.9. The summed E-state index contributed by atoms with van der Waals surface area (Å²) in [7, 11) is 1.40. The summed E-state index contributed by atoms with van der Waals surface area (Å²) in [5.41, 5.74) is 5.43. The molecule has 0 amide bonds. The van der Waals surface area contributed by atoms with Gasteiger partial charge in [0.2, 0.25) is 0 Å². The van der Waals surface area contributed by atoms with Crippen LogP contribution in [0.2, 0.25) is 0 Å². The van der Waals surface area contributed by atoms with Crippen LogP contribution in [0.1, 0.15) is 96.5 Å². The van der Waals surface area contributed by atoms with Crippen LogP contribution in [0.25, 0.3) is 0 Å². The number of hydrogen-bond donors (Lipinski definition) is 0. The first-order valence-electron chi connectivity index (χ1n) is 15.7. The van der Waals surface area contributed by atoms with Gasteiger partial charge in [-0.3, -0.25) is 4.90 Å². The van der Waals surface area contributed by atoms with Gasteiger partial charge < -0.3 is 14.3 Å². The Labute approximate surface area is 252 Å². The second-order valence-corrected chi connectivity index (χ2v) is 11.7. The molecule has 3 aromatic carbocycles. The van der Waals surface area contributed by atoms with Crippen LogP contribution in [-0.2, 0) is 33.8 Å². The lowest BCUT2D eigenvalue weighted by Gasteiger charge is -2.28. The second-order valence-electron chi connectivity index (χ2n) is 11.7. The van der Waals surface area contributed by atoms with Gasteiger partial charge in [0.15, 0.2) is 0 Å². The van der Waals surface area contributed by atoms with Crippen LogP contribution in [0.5, 0.6) is 0 Å². The van der Waals surface area contributed by atoms with Crippen molar-refractivity contribution in [1.82, 2.24) is 4.90 Å². The molecule has 0 bridgehead atoms. The minimum absolute atomic E-state index is 0.0995. The van der Waals surface area contributed by atoms with E-state index in [1.54, 1.807) is 0 Å². The highest BCUT2D eigenvalue weighted by Crippen LogP contribution is 2.28. The number of aryl methyl sites for hydroxylation is 1. The number of esters is 1. The molecular weight excluding hydrogens is 522 g/mol. The molecule has 224 valence electrons. The van der Waals surface area contributed by atoms with E-state index in [0.717, 1.165) is 62.2 Å². The fourth-order valence-electron chi connectivity index (χ4n) is 5.92. The van der Waals surface area contributed by atoms with E-state index in [2.05, 4.69) is 53.4 Å². The van der Waals surface area contributed by atoms with E-state index in [9.17, 15) is 9.59 Å². The monoisotopic (exact) mass is 569 g/mol. The van der Waals surface area contributed by atoms with Gasteiger partial charge in [-0.2, -0.15) is 0 Å². The fraction of sp³-hybridized carbons (Fsp3) is 0.459. The summed E-state index contributed by atoms with van der Waals surface area (Å²) in [5, 5.41) is 0. The van der Waals surface area contributed by atoms with Crippen LogP contribution in [-0.4, -0.2) is 37.4 Å². The summed E-state index contributed by atoms with van der Waals surface area (Å²) in [6.45, 7) is 2.86. The normalized spacial score (nSPS) is 14.5. The van der Waals surface area contributed by atoms with E-state index < -0.39 is 0 Å². The molecule has 4 rings (SSSR count). The zero-order chi connectivity index (χ0) is 29.4. The van der Waals surface area contributed by atoms with E-state index >= 15 is 0 Å². The third-order valence-electron chi connectivity index (χ3n) is 8.46. The first-order valence-corrected chi connectivity index (χ1v) is 15.7. The van der Waals surface area contributed by atoms with E-state index in [1.807, 2.05) is 30.3 Å². The Bertz CT molecular complexity index is 1190. The molecule has 0 aromatic heterocycles. The molecule has 1 aliphatic carbocycles. The number of aldehydes is 1. The summed E-state index contributed by atoms with van der Waals surface area (Å²) in [4.78, 5) is 25.2. The zero-order valence-corrected chi connectivity index (χ0v) is 25.2. The van der Waals surface area contributed by atoms with Crippen molar-refractivity contribution in [2.24, 2.45) is 5.92 Å². The molecule has 1 aliphatic rings. The largest absolute Gasteiger partial charge is 0.465 e. The third kappa shape index (κ3) is 10.5. The summed E-state index contributed by atoms with van der Waals surface area (Å²) in [6.07, 6.45) is 12.8. The molecule has 5 heteroatoms. The lowest BCUT2D eigenvalue weighted by molar-refractivity contribution is -0.107. The second kappa shape index (κ2) is 17.6. The summed E-state index contributed by atoms with van der Waals surface area (Å²) in [6, 6.07) is 27.0. The molecular formula is C37H47NO4. The van der Waals surface area contributed by atoms with E-state index in [4.69, 9.17) is 9.47 Å². The van der Waals surface area contributed by atoms with Crippen molar-refractivity contribution >= 4 is 12.3 Å². The van der Waals surface area contributed by atoms with Crippen LogP contribution in [0.3, 0.4) is 0 Å². The Balaban J connectivity index is 1.40. The number of ether oxygens (including phenoxy) is 2. The maximum Gasteiger partial charge on any atom is 0.337 e. The van der Waals surface area contributed by atoms with Crippen LogP contribution >= 0.6 is 0 Å². The standard InChI is InChI=1S/C37H47NO4/c1-41-37(40)35-23-21-32(22-24-35)27-38(25-9-4-10-26-39)28-36(34-13-7-3-8-14-34)42-29-33-19-17-31(18-20-33)16-15-30-11-5-2-6-12-30/h3,7-8,13-14,17-24,26,30,36H,2,4-6,9-12,15-16,25,27-29H2,1H3/t36-/m0/s1. The highest BCUT2D eigenvalue weighted by atomic mass is 16.5. The Kier molecular flexibility index (Phi) is 13.3. The van der Waals surface area contributed by atoms with E-state index in [-0.39, 0.29) is 12.1 Å². The highest BCUT2D eigenvalue weighted by Gasteiger charge is 2.18. The molecule has 0 heterocycles. The molecule has 42 heavy (non-hydrogen) atoms. The lowest BCUT2D eigenvalue weighted by Crippen LogP contribution is -2.30. The molecule has 3 aromatic rings. The quantitative estimate of drug-likeness (QED) is 0.0934. The Morgan fingerprint density at radius 2 is 1.57 bits per heavy atom. The molecule has 0 aliphatic heterocycles. The van der Waals surface area contributed by atoms with Gasteiger partial charge in [0.1, 0.15) is 6.29 Å². The molecule has 0 saturated heterocycles. The van der Waals surface area contributed by atoms with Gasteiger partial charge in [0.05, 0.1) is 25.4 Å². The molecule has 1 fully saturated rings. The van der Waals surface area contributed by atoms with Crippen molar-refractivity contribution in [1.29, 1.82) is 0 Å². The number of unbranched alkanes of at least 4 members (excludes halogenated alkanes) is 2. The molecule has 1 atom stereocenters. The number of carbonyl (C=O) groups is 2. The smallest absolute Gasteiger partial charge is 0.337 e. The van der Waals surface area contributed by atoms with E-state index in [1.165, 1.54) is 56.8 Å². The summed E-state index contributed by atoms with van der Waals surface area (Å²) >= 11 is 0. The van der Waals surface area contributed by atoms with Gasteiger partial charge >= 0.3 is 5.97 Å². The molecule has 0 unspecified atom stereocenters. The number of methoxy groups -OCH3 is 1. The van der Waals surface area contributed by atoms with Gasteiger partial charge in [-0.1, -0.05) is 98.8 Å². The van der Waals surface area contributed by atoms with Crippen molar-refractivity contribution < 1.29 is 19.1 Å². The van der Waals surface area contributed by atoms with Crippen LogP contribution < -0.4 is 0 Å². The molecule has 0 radical (unpaired) electrons. The Morgan fingerprint density at radius 3 is 2.26 bits per heavy atom. The molecule has 5 nitrogen and oxygen atoms in total. The van der Waals surface area contributed by atoms with Crippen molar-refractivity contribution in [2.45, 2.75) is 83.5 Å². The number of hydrogen-bond acceptors (Lipinski definition) is 5. The Hall–Kier alpha value is -3.28. The minimum atomic E-state index is -0.331.